The van der Waals surface area contributed by atoms with Gasteiger partial charge in [-0.2, -0.15) is 5.10 Å². The van der Waals surface area contributed by atoms with Crippen molar-refractivity contribution >= 4 is 33.1 Å². The first-order chi connectivity index (χ1) is 16.8. The number of non-ortho nitro benzene ring substituents is 1. The van der Waals surface area contributed by atoms with Crippen LogP contribution in [-0.2, 0) is 10.0 Å². The summed E-state index contributed by atoms with van der Waals surface area (Å²) in [6.45, 7) is 0. The molecule has 0 unspecified atom stereocenters. The van der Waals surface area contributed by atoms with E-state index in [-0.39, 0.29) is 27.6 Å². The summed E-state index contributed by atoms with van der Waals surface area (Å²) in [6.07, 6.45) is 1.70. The van der Waals surface area contributed by atoms with Crippen LogP contribution < -0.4 is 14.8 Å². The van der Waals surface area contributed by atoms with Crippen LogP contribution in [0.5, 0.6) is 5.75 Å². The predicted molar refractivity (Wildman–Crippen MR) is 128 cm³/mol. The van der Waals surface area contributed by atoms with Crippen LogP contribution in [0.4, 0.5) is 17.2 Å². The molecular weight excluding hydrogens is 474 g/mol. The summed E-state index contributed by atoms with van der Waals surface area (Å²) in [5.74, 6) is -0.0272. The van der Waals surface area contributed by atoms with E-state index in [4.69, 9.17) is 4.74 Å². The van der Waals surface area contributed by atoms with Gasteiger partial charge in [-0.3, -0.25) is 19.6 Å². The van der Waals surface area contributed by atoms with Gasteiger partial charge in [0.25, 0.3) is 21.6 Å². The average Bonchev–Trinajstić information content (AvgIpc) is 3.33. The molecule has 0 saturated carbocycles. The number of hydrogen-bond acceptors (Lipinski definition) is 7. The van der Waals surface area contributed by atoms with Crippen LogP contribution in [0.25, 0.3) is 5.69 Å². The molecule has 11 nitrogen and oxygen atoms in total. The molecule has 0 bridgehead atoms. The van der Waals surface area contributed by atoms with Crippen molar-refractivity contribution < 1.29 is 22.9 Å². The van der Waals surface area contributed by atoms with E-state index >= 15 is 0 Å². The zero-order valence-corrected chi connectivity index (χ0v) is 19.1. The minimum Gasteiger partial charge on any atom is -0.495 e. The highest BCUT2D eigenvalue weighted by atomic mass is 32.2. The van der Waals surface area contributed by atoms with E-state index < -0.39 is 20.9 Å². The van der Waals surface area contributed by atoms with E-state index in [0.29, 0.717) is 5.82 Å². The second kappa shape index (κ2) is 9.65. The van der Waals surface area contributed by atoms with E-state index in [1.165, 1.54) is 43.5 Å². The second-order valence-corrected chi connectivity index (χ2v) is 8.89. The highest BCUT2D eigenvalue weighted by Gasteiger charge is 2.20. The Morgan fingerprint density at radius 3 is 2.40 bits per heavy atom. The summed E-state index contributed by atoms with van der Waals surface area (Å²) in [5.41, 5.74) is 0.657. The molecule has 3 aromatic carbocycles. The molecule has 0 fully saturated rings. The fourth-order valence-electron chi connectivity index (χ4n) is 3.18. The Morgan fingerprint density at radius 1 is 1.03 bits per heavy atom. The second-order valence-electron chi connectivity index (χ2n) is 7.21. The van der Waals surface area contributed by atoms with Gasteiger partial charge in [-0.25, -0.2) is 13.1 Å². The van der Waals surface area contributed by atoms with Crippen molar-refractivity contribution in [2.45, 2.75) is 4.90 Å². The zero-order valence-electron chi connectivity index (χ0n) is 18.3. The smallest absolute Gasteiger partial charge is 0.271 e. The average molecular weight is 494 g/mol. The van der Waals surface area contributed by atoms with Crippen molar-refractivity contribution in [3.05, 3.63) is 101 Å². The number of amides is 1. The third kappa shape index (κ3) is 5.28. The Labute approximate surface area is 200 Å². The molecule has 1 heterocycles. The van der Waals surface area contributed by atoms with Gasteiger partial charge in [0.1, 0.15) is 5.75 Å². The maximum atomic E-state index is 12.8. The van der Waals surface area contributed by atoms with E-state index in [0.717, 1.165) is 11.8 Å². The minimum atomic E-state index is -4.12. The molecule has 12 heteroatoms. The Balaban J connectivity index is 1.48. The van der Waals surface area contributed by atoms with Gasteiger partial charge in [-0.05, 0) is 42.5 Å². The van der Waals surface area contributed by atoms with Crippen LogP contribution in [0, 0.1) is 10.1 Å². The van der Waals surface area contributed by atoms with Gasteiger partial charge in [0.15, 0.2) is 5.82 Å². The number of hydrogen-bond donors (Lipinski definition) is 2. The van der Waals surface area contributed by atoms with Crippen LogP contribution in [-0.4, -0.2) is 36.1 Å². The highest BCUT2D eigenvalue weighted by Crippen LogP contribution is 2.31. The summed E-state index contributed by atoms with van der Waals surface area (Å²) >= 11 is 0. The fraction of sp³-hybridized carbons (Fsp3) is 0.0435. The van der Waals surface area contributed by atoms with E-state index in [9.17, 15) is 23.3 Å². The van der Waals surface area contributed by atoms with Crippen molar-refractivity contribution in [2.75, 3.05) is 17.1 Å². The number of carbonyl (C=O) groups is 1. The molecular formula is C23H19N5O6S. The zero-order chi connectivity index (χ0) is 25.0. The summed E-state index contributed by atoms with van der Waals surface area (Å²) in [6, 6.07) is 19.8. The standard InChI is InChI=1S/C23H19N5O6S/c1-34-21-12-9-18(28(30)31)15-20(21)26-35(32,33)19-10-7-16(8-11-19)23(29)24-22-13-14-27(25-22)17-5-3-2-4-6-17/h2-15,26H,1H3,(H,24,25,29). The topological polar surface area (TPSA) is 145 Å². The highest BCUT2D eigenvalue weighted by molar-refractivity contribution is 7.92. The molecule has 0 aliphatic rings. The Kier molecular flexibility index (Phi) is 6.46. The monoisotopic (exact) mass is 493 g/mol. The first kappa shape index (κ1) is 23.4. The SMILES string of the molecule is COc1ccc([N+](=O)[O-])cc1NS(=O)(=O)c1ccc(C(=O)Nc2ccn(-c3ccccc3)n2)cc1. The fourth-order valence-corrected chi connectivity index (χ4v) is 4.24. The van der Waals surface area contributed by atoms with Crippen molar-refractivity contribution in [1.29, 1.82) is 0 Å². The lowest BCUT2D eigenvalue weighted by Crippen LogP contribution is -2.15. The quantitative estimate of drug-likeness (QED) is 0.280. The van der Waals surface area contributed by atoms with Crippen molar-refractivity contribution in [2.24, 2.45) is 0 Å². The first-order valence-electron chi connectivity index (χ1n) is 10.1. The van der Waals surface area contributed by atoms with Gasteiger partial charge in [0.2, 0.25) is 0 Å². The Bertz CT molecular complexity index is 1480. The van der Waals surface area contributed by atoms with E-state index in [1.807, 2.05) is 30.3 Å². The van der Waals surface area contributed by atoms with Crippen LogP contribution in [0.2, 0.25) is 0 Å². The molecule has 4 aromatic rings. The third-order valence-corrected chi connectivity index (χ3v) is 6.30. The van der Waals surface area contributed by atoms with Gasteiger partial charge in [-0.15, -0.1) is 0 Å². The molecule has 1 aromatic heterocycles. The minimum absolute atomic E-state index is 0.0856. The first-order valence-corrected chi connectivity index (χ1v) is 11.6. The maximum Gasteiger partial charge on any atom is 0.271 e. The molecule has 0 saturated heterocycles. The van der Waals surface area contributed by atoms with Gasteiger partial charge in [0, 0.05) is 30.0 Å². The summed E-state index contributed by atoms with van der Waals surface area (Å²) < 4.78 is 34.6. The molecule has 1 amide bonds. The lowest BCUT2D eigenvalue weighted by Gasteiger charge is -2.12. The molecule has 2 N–H and O–H groups in total. The predicted octanol–water partition coefficient (Wildman–Crippen LogP) is 3.84. The molecule has 0 radical (unpaired) electrons. The van der Waals surface area contributed by atoms with Crippen molar-refractivity contribution in [1.82, 2.24) is 9.78 Å². The number of nitrogens with zero attached hydrogens (tertiary/aromatic N) is 3. The van der Waals surface area contributed by atoms with Gasteiger partial charge in [0.05, 0.1) is 28.3 Å². The number of anilines is 2. The lowest BCUT2D eigenvalue weighted by atomic mass is 10.2. The van der Waals surface area contributed by atoms with Crippen LogP contribution in [0.15, 0.2) is 90.0 Å². The molecule has 0 atom stereocenters. The van der Waals surface area contributed by atoms with Crippen LogP contribution in [0.1, 0.15) is 10.4 Å². The summed E-state index contributed by atoms with van der Waals surface area (Å²) in [5, 5.41) is 18.0. The Morgan fingerprint density at radius 2 is 1.74 bits per heavy atom. The molecule has 178 valence electrons. The number of nitro benzene ring substituents is 1. The van der Waals surface area contributed by atoms with E-state index in [2.05, 4.69) is 15.1 Å². The summed E-state index contributed by atoms with van der Waals surface area (Å²) in [4.78, 5) is 22.8. The third-order valence-electron chi connectivity index (χ3n) is 4.92. The van der Waals surface area contributed by atoms with Crippen molar-refractivity contribution in [3.63, 3.8) is 0 Å². The van der Waals surface area contributed by atoms with Crippen LogP contribution in [0.3, 0.4) is 0 Å². The molecule has 35 heavy (non-hydrogen) atoms. The molecule has 0 spiro atoms. The number of benzene rings is 3. The van der Waals surface area contributed by atoms with Gasteiger partial charge >= 0.3 is 0 Å². The lowest BCUT2D eigenvalue weighted by molar-refractivity contribution is -0.384. The van der Waals surface area contributed by atoms with Gasteiger partial charge in [-0.1, -0.05) is 18.2 Å². The number of carbonyl (C=O) groups excluding carboxylic acids is 1. The van der Waals surface area contributed by atoms with Crippen molar-refractivity contribution in [3.8, 4) is 11.4 Å². The number of rotatable bonds is 8. The molecule has 4 rings (SSSR count). The summed E-state index contributed by atoms with van der Waals surface area (Å²) in [7, 11) is -2.80. The van der Waals surface area contributed by atoms with E-state index in [1.54, 1.807) is 16.9 Å². The number of sulfonamides is 1. The number of para-hydroxylation sites is 1. The number of aromatic nitrogens is 2. The van der Waals surface area contributed by atoms with Crippen LogP contribution >= 0.6 is 0 Å². The number of methoxy groups -OCH3 is 1. The maximum absolute atomic E-state index is 12.8. The molecule has 0 aliphatic heterocycles. The Hall–Kier alpha value is -4.71. The number of nitrogens with one attached hydrogen (secondary N) is 2. The van der Waals surface area contributed by atoms with Gasteiger partial charge < -0.3 is 10.1 Å². The normalized spacial score (nSPS) is 11.0. The number of nitro groups is 1. The largest absolute Gasteiger partial charge is 0.495 e. The number of ether oxygens (including phenoxy) is 1. The molecule has 0 aliphatic carbocycles.